The van der Waals surface area contributed by atoms with Crippen molar-refractivity contribution in [3.8, 4) is 0 Å². The molecule has 1 fully saturated rings. The molecule has 12 heavy (non-hydrogen) atoms. The fourth-order valence-electron chi connectivity index (χ4n) is 1.02. The predicted molar refractivity (Wildman–Crippen MR) is 43.6 cm³/mol. The summed E-state index contributed by atoms with van der Waals surface area (Å²) in [4.78, 5) is 11.1. The molecule has 4 heteroatoms. The van der Waals surface area contributed by atoms with Gasteiger partial charge in [-0.2, -0.15) is 0 Å². The Morgan fingerprint density at radius 1 is 1.83 bits per heavy atom. The number of hydrogen-bond acceptors (Lipinski definition) is 4. The summed E-state index contributed by atoms with van der Waals surface area (Å²) < 4.78 is 10.1. The molecule has 2 N–H and O–H groups in total. The van der Waals surface area contributed by atoms with Crippen LogP contribution in [0.25, 0.3) is 0 Å². The molecule has 0 radical (unpaired) electrons. The monoisotopic (exact) mass is 173 g/mol. The first-order valence-electron chi connectivity index (χ1n) is 4.28. The Bertz CT molecular complexity index is 154. The minimum Gasteiger partial charge on any atom is -0.459 e. The summed E-state index contributed by atoms with van der Waals surface area (Å²) in [6, 6.07) is -0.481. The zero-order valence-electron chi connectivity index (χ0n) is 7.29. The van der Waals surface area contributed by atoms with Crippen molar-refractivity contribution in [2.45, 2.75) is 31.9 Å². The van der Waals surface area contributed by atoms with Gasteiger partial charge in [0.2, 0.25) is 0 Å². The van der Waals surface area contributed by atoms with E-state index in [0.29, 0.717) is 19.6 Å². The molecule has 0 aliphatic carbocycles. The smallest absolute Gasteiger partial charge is 0.323 e. The fraction of sp³-hybridized carbons (Fsp3) is 0.875. The highest BCUT2D eigenvalue weighted by atomic mass is 16.6. The van der Waals surface area contributed by atoms with Crippen molar-refractivity contribution >= 4 is 5.97 Å². The van der Waals surface area contributed by atoms with E-state index in [0.717, 1.165) is 6.42 Å². The van der Waals surface area contributed by atoms with Crippen molar-refractivity contribution in [2.24, 2.45) is 5.73 Å². The average Bonchev–Trinajstić information content (AvgIpc) is 2.55. The van der Waals surface area contributed by atoms with Crippen molar-refractivity contribution in [1.29, 1.82) is 0 Å². The number of carbonyl (C=O) groups excluding carboxylic acids is 1. The molecule has 70 valence electrons. The summed E-state index contributed by atoms with van der Waals surface area (Å²) in [7, 11) is 0. The Balaban J connectivity index is 2.25. The molecule has 2 atom stereocenters. The maximum Gasteiger partial charge on any atom is 0.323 e. The second-order valence-electron chi connectivity index (χ2n) is 2.94. The van der Waals surface area contributed by atoms with Crippen molar-refractivity contribution in [2.75, 3.05) is 13.2 Å². The summed E-state index contributed by atoms with van der Waals surface area (Å²) in [5.74, 6) is -0.312. The van der Waals surface area contributed by atoms with E-state index in [9.17, 15) is 4.79 Å². The van der Waals surface area contributed by atoms with E-state index in [-0.39, 0.29) is 12.1 Å². The van der Waals surface area contributed by atoms with Gasteiger partial charge in [0, 0.05) is 6.42 Å². The standard InChI is InChI=1S/C8H15NO3/c1-2-7(9)8(10)12-6-3-4-11-5-6/h6-7H,2-5,9H2,1H3. The van der Waals surface area contributed by atoms with Gasteiger partial charge in [-0.05, 0) is 6.42 Å². The third kappa shape index (κ3) is 2.46. The third-order valence-corrected chi connectivity index (χ3v) is 1.91. The second-order valence-corrected chi connectivity index (χ2v) is 2.94. The van der Waals surface area contributed by atoms with Crippen LogP contribution in [0.3, 0.4) is 0 Å². The first kappa shape index (κ1) is 9.48. The van der Waals surface area contributed by atoms with Crippen molar-refractivity contribution in [1.82, 2.24) is 0 Å². The summed E-state index contributed by atoms with van der Waals surface area (Å²) >= 11 is 0. The van der Waals surface area contributed by atoms with Gasteiger partial charge in [-0.25, -0.2) is 0 Å². The molecule has 1 aliphatic rings. The third-order valence-electron chi connectivity index (χ3n) is 1.91. The quantitative estimate of drug-likeness (QED) is 0.613. The van der Waals surface area contributed by atoms with E-state index in [1.165, 1.54) is 0 Å². The summed E-state index contributed by atoms with van der Waals surface area (Å²) in [6.45, 7) is 3.05. The molecule has 1 heterocycles. The predicted octanol–water partition coefficient (Wildman–Crippen LogP) is 0.0558. The zero-order valence-corrected chi connectivity index (χ0v) is 7.29. The van der Waals surface area contributed by atoms with Crippen LogP contribution in [0, 0.1) is 0 Å². The summed E-state index contributed by atoms with van der Waals surface area (Å²) in [5.41, 5.74) is 5.48. The van der Waals surface area contributed by atoms with Gasteiger partial charge in [0.05, 0.1) is 13.2 Å². The molecule has 0 aromatic heterocycles. The van der Waals surface area contributed by atoms with Crippen LogP contribution in [0.15, 0.2) is 0 Å². The van der Waals surface area contributed by atoms with Crippen LogP contribution in [0.5, 0.6) is 0 Å². The molecule has 4 nitrogen and oxygen atoms in total. The highest BCUT2D eigenvalue weighted by Crippen LogP contribution is 2.09. The zero-order chi connectivity index (χ0) is 8.97. The number of esters is 1. The van der Waals surface area contributed by atoms with Crippen LogP contribution >= 0.6 is 0 Å². The number of nitrogens with two attached hydrogens (primary N) is 1. The Labute approximate surface area is 72.0 Å². The number of carbonyl (C=O) groups is 1. The molecule has 0 saturated carbocycles. The highest BCUT2D eigenvalue weighted by Gasteiger charge is 2.22. The molecule has 1 saturated heterocycles. The molecule has 1 aliphatic heterocycles. The van der Waals surface area contributed by atoms with E-state index < -0.39 is 6.04 Å². The minimum atomic E-state index is -0.481. The maximum absolute atomic E-state index is 11.1. The largest absolute Gasteiger partial charge is 0.459 e. The van der Waals surface area contributed by atoms with E-state index in [1.807, 2.05) is 6.92 Å². The minimum absolute atomic E-state index is 0.0740. The van der Waals surface area contributed by atoms with Gasteiger partial charge in [-0.3, -0.25) is 4.79 Å². The normalized spacial score (nSPS) is 25.3. The molecule has 2 unspecified atom stereocenters. The van der Waals surface area contributed by atoms with E-state index in [2.05, 4.69) is 0 Å². The molecular formula is C8H15NO3. The average molecular weight is 173 g/mol. The van der Waals surface area contributed by atoms with Crippen molar-refractivity contribution in [3.63, 3.8) is 0 Å². The van der Waals surface area contributed by atoms with Gasteiger partial charge < -0.3 is 15.2 Å². The Hall–Kier alpha value is -0.610. The molecule has 0 bridgehead atoms. The van der Waals surface area contributed by atoms with Crippen LogP contribution in [0.2, 0.25) is 0 Å². The lowest BCUT2D eigenvalue weighted by atomic mass is 10.2. The molecule has 0 amide bonds. The van der Waals surface area contributed by atoms with Gasteiger partial charge in [-0.1, -0.05) is 6.92 Å². The Kier molecular flexibility index (Phi) is 3.49. The van der Waals surface area contributed by atoms with Crippen LogP contribution in [-0.2, 0) is 14.3 Å². The molecule has 0 aromatic rings. The summed E-state index contributed by atoms with van der Waals surface area (Å²) in [6.07, 6.45) is 1.34. The number of hydrogen-bond donors (Lipinski definition) is 1. The SMILES string of the molecule is CCC(N)C(=O)OC1CCOC1. The lowest BCUT2D eigenvalue weighted by Crippen LogP contribution is -2.34. The van der Waals surface area contributed by atoms with Crippen LogP contribution < -0.4 is 5.73 Å². The summed E-state index contributed by atoms with van der Waals surface area (Å²) in [5, 5.41) is 0. The van der Waals surface area contributed by atoms with Crippen LogP contribution in [0.4, 0.5) is 0 Å². The van der Waals surface area contributed by atoms with E-state index >= 15 is 0 Å². The Morgan fingerprint density at radius 2 is 2.58 bits per heavy atom. The highest BCUT2D eigenvalue weighted by molar-refractivity contribution is 5.75. The Morgan fingerprint density at radius 3 is 3.08 bits per heavy atom. The number of rotatable bonds is 3. The molecule has 0 spiro atoms. The first-order chi connectivity index (χ1) is 5.74. The molecule has 1 rings (SSSR count). The van der Waals surface area contributed by atoms with Crippen molar-refractivity contribution < 1.29 is 14.3 Å². The van der Waals surface area contributed by atoms with Crippen LogP contribution in [0.1, 0.15) is 19.8 Å². The first-order valence-corrected chi connectivity index (χ1v) is 4.28. The van der Waals surface area contributed by atoms with Gasteiger partial charge >= 0.3 is 5.97 Å². The number of ether oxygens (including phenoxy) is 2. The van der Waals surface area contributed by atoms with Gasteiger partial charge in [0.1, 0.15) is 12.1 Å². The van der Waals surface area contributed by atoms with Crippen LogP contribution in [-0.4, -0.2) is 31.3 Å². The lowest BCUT2D eigenvalue weighted by molar-refractivity contribution is -0.150. The lowest BCUT2D eigenvalue weighted by Gasteiger charge is -2.13. The van der Waals surface area contributed by atoms with Crippen molar-refractivity contribution in [3.05, 3.63) is 0 Å². The van der Waals surface area contributed by atoms with Gasteiger partial charge in [-0.15, -0.1) is 0 Å². The van der Waals surface area contributed by atoms with E-state index in [1.54, 1.807) is 0 Å². The van der Waals surface area contributed by atoms with E-state index in [4.69, 9.17) is 15.2 Å². The maximum atomic E-state index is 11.1. The fourth-order valence-corrected chi connectivity index (χ4v) is 1.02. The topological polar surface area (TPSA) is 61.6 Å². The molecule has 0 aromatic carbocycles. The van der Waals surface area contributed by atoms with Gasteiger partial charge in [0.25, 0.3) is 0 Å². The second kappa shape index (κ2) is 4.42. The molecular weight excluding hydrogens is 158 g/mol. The van der Waals surface area contributed by atoms with Gasteiger partial charge in [0.15, 0.2) is 0 Å².